The molecule has 4 heterocycles. The topological polar surface area (TPSA) is 71.1 Å². The minimum atomic E-state index is -4.32. The highest BCUT2D eigenvalue weighted by Gasteiger charge is 2.50. The van der Waals surface area contributed by atoms with Crippen molar-refractivity contribution in [2.24, 2.45) is 23.7 Å². The highest BCUT2D eigenvalue weighted by molar-refractivity contribution is 7.97. The van der Waals surface area contributed by atoms with Crippen LogP contribution in [0.3, 0.4) is 0 Å². The second kappa shape index (κ2) is 28.4. The largest absolute Gasteiger partial charge is 0.481 e. The second-order valence-corrected chi connectivity index (χ2v) is 33.6. The molecule has 484 valence electrons. The SMILES string of the molecule is COC(=O)COc1ccc([S+]2CCCC2)c2ccccc12.FC(F)(F)c1cccc(-[s+]2c3ccccc3c3ccccc32)c1.Fc1cc(F)cc(-[s+]2c3ccccc3c3ccccc32)c1.O=C(COc1ccc([S+]2CCCC2)c2ccccc12)OC1C2CC3CC(C2)CC1C3. The Kier molecular flexibility index (Phi) is 19.2. The first-order chi connectivity index (χ1) is 46.3. The zero-order chi connectivity index (χ0) is 65.2. The van der Waals surface area contributed by atoms with Crippen molar-refractivity contribution in [3.63, 3.8) is 0 Å². The summed E-state index contributed by atoms with van der Waals surface area (Å²) in [6.07, 6.45) is 7.63. The van der Waals surface area contributed by atoms with Gasteiger partial charge < -0.3 is 18.9 Å². The van der Waals surface area contributed by atoms with Crippen LogP contribution >= 0.6 is 20.9 Å². The van der Waals surface area contributed by atoms with Crippen LogP contribution in [0.1, 0.15) is 63.4 Å². The average Bonchev–Trinajstić information content (AvgIpc) is 1.38. The van der Waals surface area contributed by atoms with Gasteiger partial charge in [-0.05, 0) is 179 Å². The fourth-order valence-corrected chi connectivity index (χ4v) is 25.1. The molecule has 0 atom stereocenters. The number of methoxy groups -OCH3 is 1. The molecule has 2 saturated heterocycles. The molecule has 6 aliphatic rings. The number of alkyl halides is 3. The summed E-state index contributed by atoms with van der Waals surface area (Å²) in [5.74, 6) is 8.13. The molecule has 2 aliphatic heterocycles. The molecule has 2 aromatic heterocycles. The van der Waals surface area contributed by atoms with E-state index in [2.05, 4.69) is 77.5 Å². The molecule has 6 fully saturated rings. The number of fused-ring (bicyclic) bond motifs is 8. The number of carbonyl (C=O) groups is 2. The van der Waals surface area contributed by atoms with E-state index in [-0.39, 0.29) is 31.3 Å². The number of carbonyl (C=O) groups excluding carboxylic acids is 2. The van der Waals surface area contributed by atoms with E-state index in [1.54, 1.807) is 6.07 Å². The lowest BCUT2D eigenvalue weighted by molar-refractivity contribution is -0.172. The van der Waals surface area contributed by atoms with Crippen LogP contribution in [0.15, 0.2) is 222 Å². The molecule has 0 amide bonds. The zero-order valence-corrected chi connectivity index (χ0v) is 55.9. The van der Waals surface area contributed by atoms with Crippen LogP contribution in [0.4, 0.5) is 22.0 Å². The summed E-state index contributed by atoms with van der Waals surface area (Å²) in [6.45, 7) is -0.0383. The van der Waals surface area contributed by atoms with Gasteiger partial charge in [0.25, 0.3) is 0 Å². The van der Waals surface area contributed by atoms with E-state index in [1.807, 2.05) is 97.1 Å². The Labute approximate surface area is 561 Å². The van der Waals surface area contributed by atoms with Crippen LogP contribution in [-0.4, -0.2) is 61.4 Å². The van der Waals surface area contributed by atoms with Crippen LogP contribution in [0.25, 0.3) is 71.7 Å². The van der Waals surface area contributed by atoms with Crippen molar-refractivity contribution >= 4 is 117 Å². The highest BCUT2D eigenvalue weighted by atomic mass is 32.2. The Morgan fingerprint density at radius 3 is 1.23 bits per heavy atom. The van der Waals surface area contributed by atoms with Gasteiger partial charge in [0, 0.05) is 110 Å². The number of thiophene rings is 2. The Morgan fingerprint density at radius 2 is 0.811 bits per heavy atom. The monoisotopic (exact) mass is 1350 g/mol. The number of benzene rings is 10. The normalized spacial score (nSPS) is 19.1. The van der Waals surface area contributed by atoms with Crippen molar-refractivity contribution in [2.45, 2.75) is 79.9 Å². The zero-order valence-electron chi connectivity index (χ0n) is 52.7. The molecular formula is C80H73F5O6S4+4. The summed E-state index contributed by atoms with van der Waals surface area (Å²) in [5, 5.41) is 9.28. The minimum Gasteiger partial charge on any atom is -0.481 e. The van der Waals surface area contributed by atoms with Crippen LogP contribution in [0, 0.1) is 35.3 Å². The molecule has 0 unspecified atom stereocenters. The molecule has 4 saturated carbocycles. The number of rotatable bonds is 11. The van der Waals surface area contributed by atoms with Gasteiger partial charge in [-0.2, -0.15) is 13.2 Å². The number of halogens is 5. The highest BCUT2D eigenvalue weighted by Crippen LogP contribution is 2.55. The van der Waals surface area contributed by atoms with Gasteiger partial charge in [0.1, 0.15) is 52.2 Å². The van der Waals surface area contributed by atoms with Gasteiger partial charge in [0.15, 0.2) is 51.6 Å². The maximum atomic E-state index is 13.6. The summed E-state index contributed by atoms with van der Waals surface area (Å²) in [6, 6.07) is 66.8. The molecular weight excluding hydrogens is 1280 g/mol. The summed E-state index contributed by atoms with van der Waals surface area (Å²) in [4.78, 5) is 28.2. The molecule has 0 N–H and O–H groups in total. The van der Waals surface area contributed by atoms with E-state index in [1.165, 1.54) is 133 Å². The molecule has 4 aliphatic carbocycles. The van der Waals surface area contributed by atoms with Crippen molar-refractivity contribution in [1.82, 2.24) is 0 Å². The first kappa shape index (κ1) is 64.4. The summed E-state index contributed by atoms with van der Waals surface area (Å²) in [5.41, 5.74) is -0.593. The first-order valence-corrected chi connectivity index (χ1v) is 38.3. The summed E-state index contributed by atoms with van der Waals surface area (Å²) >= 11 is 0. The number of hydrogen-bond donors (Lipinski definition) is 0. The van der Waals surface area contributed by atoms with E-state index < -0.39 is 44.3 Å². The second-order valence-electron chi connectivity index (χ2n) is 25.2. The van der Waals surface area contributed by atoms with Crippen molar-refractivity contribution in [3.05, 3.63) is 230 Å². The molecule has 4 bridgehead atoms. The van der Waals surface area contributed by atoms with Crippen molar-refractivity contribution in [1.29, 1.82) is 0 Å². The van der Waals surface area contributed by atoms with Gasteiger partial charge in [-0.15, -0.1) is 0 Å². The fraction of sp³-hybridized carbons (Fsp3) is 0.275. The Hall–Kier alpha value is -7.95. The van der Waals surface area contributed by atoms with E-state index in [9.17, 15) is 31.5 Å². The molecule has 0 spiro atoms. The van der Waals surface area contributed by atoms with E-state index in [0.717, 1.165) is 86.6 Å². The standard InChI is InChI=1S/C26H31O3S.C19H12F3S.C18H11F2S.C17H19O3S/c27-25(29-26-19-12-17-11-18(14-19)15-20(26)13-17)16-28-23-7-8-24(30-9-3-4-10-30)22-6-2-1-5-21(22)23;20-19(21,22)13-6-5-7-14(12-13)23-17-10-3-1-8-15(17)16-9-2-4-11-18(16)23;19-12-9-13(20)11-14(10-12)21-17-7-3-1-5-15(17)16-6-2-4-8-18(16)21;1-19-17(18)12-20-15-8-9-16(21-10-4-5-11-21)14-7-3-2-6-13(14)15/h1-2,5-8,17-20,26H,3-4,9-16H2;1-12H;1-11H;2-3,6-9H,4-5,10-12H2,1H3/q4*+1. The number of hydrogen-bond acceptors (Lipinski definition) is 6. The lowest BCUT2D eigenvalue weighted by atomic mass is 9.55. The average molecular weight is 1350 g/mol. The lowest BCUT2D eigenvalue weighted by Gasteiger charge is -2.53. The van der Waals surface area contributed by atoms with Gasteiger partial charge in [-0.1, -0.05) is 91.0 Å². The maximum Gasteiger partial charge on any atom is 0.416 e. The molecule has 10 aromatic carbocycles. The third kappa shape index (κ3) is 13.8. The maximum absolute atomic E-state index is 13.6. The van der Waals surface area contributed by atoms with Crippen molar-refractivity contribution in [2.75, 3.05) is 43.3 Å². The molecule has 6 nitrogen and oxygen atoms in total. The number of esters is 2. The summed E-state index contributed by atoms with van der Waals surface area (Å²) in [7, 11) is 1.17. The van der Waals surface area contributed by atoms with Gasteiger partial charge in [-0.25, -0.2) is 18.4 Å². The van der Waals surface area contributed by atoms with Crippen LogP contribution < -0.4 is 9.47 Å². The van der Waals surface area contributed by atoms with Gasteiger partial charge >= 0.3 is 18.1 Å². The molecule has 0 radical (unpaired) electrons. The Morgan fingerprint density at radius 1 is 0.421 bits per heavy atom. The van der Waals surface area contributed by atoms with Gasteiger partial charge in [-0.3, -0.25) is 0 Å². The Bertz CT molecular complexity index is 4620. The Balaban J connectivity index is 0.000000110. The van der Waals surface area contributed by atoms with Crippen LogP contribution in [0.5, 0.6) is 11.5 Å². The van der Waals surface area contributed by atoms with Gasteiger partial charge in [0.05, 0.1) is 12.7 Å². The third-order valence-corrected chi connectivity index (χ3v) is 28.9. The van der Waals surface area contributed by atoms with Crippen molar-refractivity contribution in [3.8, 4) is 21.3 Å². The molecule has 15 heteroatoms. The lowest BCUT2D eigenvalue weighted by Crippen LogP contribution is -2.50. The minimum absolute atomic E-state index is 0.0118. The van der Waals surface area contributed by atoms with Crippen molar-refractivity contribution < 1.29 is 50.5 Å². The predicted octanol–water partition coefficient (Wildman–Crippen LogP) is 21.3. The number of ether oxygens (including phenoxy) is 4. The summed E-state index contributed by atoms with van der Waals surface area (Å²) < 4.78 is 93.1. The van der Waals surface area contributed by atoms with E-state index in [4.69, 9.17) is 14.2 Å². The van der Waals surface area contributed by atoms with Crippen LogP contribution in [-0.2, 0) is 47.0 Å². The van der Waals surface area contributed by atoms with Crippen LogP contribution in [0.2, 0.25) is 0 Å². The molecule has 12 aromatic rings. The third-order valence-electron chi connectivity index (χ3n) is 19.2. The van der Waals surface area contributed by atoms with E-state index in [0.29, 0.717) is 43.4 Å². The predicted molar refractivity (Wildman–Crippen MR) is 382 cm³/mol. The first-order valence-electron chi connectivity index (χ1n) is 32.7. The van der Waals surface area contributed by atoms with E-state index >= 15 is 0 Å². The molecule has 95 heavy (non-hydrogen) atoms. The molecule has 18 rings (SSSR count). The van der Waals surface area contributed by atoms with Gasteiger partial charge in [0.2, 0.25) is 0 Å². The quantitative estimate of drug-likeness (QED) is 0.0730. The fourth-order valence-electron chi connectivity index (χ4n) is 15.2. The smallest absolute Gasteiger partial charge is 0.416 e.